The number of amides is 1. The first kappa shape index (κ1) is 22.0. The van der Waals surface area contributed by atoms with Crippen molar-refractivity contribution in [2.75, 3.05) is 36.4 Å². The first-order valence-electron chi connectivity index (χ1n) is 10.5. The van der Waals surface area contributed by atoms with Gasteiger partial charge >= 0.3 is 0 Å². The topological polar surface area (TPSA) is 87.5 Å². The lowest BCUT2D eigenvalue weighted by atomic mass is 10.1. The zero-order valence-electron chi connectivity index (χ0n) is 18.4. The highest BCUT2D eigenvalue weighted by molar-refractivity contribution is 7.89. The molecule has 4 rings (SSSR count). The van der Waals surface area contributed by atoms with E-state index in [1.165, 1.54) is 26.3 Å². The number of sulfonamides is 1. The van der Waals surface area contributed by atoms with Gasteiger partial charge in [-0.1, -0.05) is 30.3 Å². The molecule has 1 amide bonds. The van der Waals surface area contributed by atoms with E-state index in [-0.39, 0.29) is 10.6 Å². The van der Waals surface area contributed by atoms with E-state index in [1.807, 2.05) is 12.1 Å². The molecule has 1 aliphatic heterocycles. The number of nitrogens with zero attached hydrogens (tertiary/aromatic N) is 4. The molecule has 1 N–H and O–H groups in total. The minimum absolute atomic E-state index is 0.0355. The van der Waals surface area contributed by atoms with Crippen molar-refractivity contribution in [1.29, 1.82) is 0 Å². The number of para-hydroxylation sites is 1. The highest BCUT2D eigenvalue weighted by Crippen LogP contribution is 2.26. The summed E-state index contributed by atoms with van der Waals surface area (Å²) in [7, 11) is -2.31. The molecule has 9 heteroatoms. The van der Waals surface area contributed by atoms with Crippen LogP contribution in [0.3, 0.4) is 0 Å². The molecule has 1 saturated heterocycles. The Kier molecular flexibility index (Phi) is 6.03. The molecule has 2 aromatic carbocycles. The van der Waals surface area contributed by atoms with Crippen LogP contribution in [0.5, 0.6) is 0 Å². The van der Waals surface area contributed by atoms with Crippen molar-refractivity contribution < 1.29 is 13.2 Å². The van der Waals surface area contributed by atoms with Crippen molar-refractivity contribution in [3.05, 3.63) is 71.4 Å². The molecule has 1 aromatic heterocycles. The first-order valence-corrected chi connectivity index (χ1v) is 11.9. The van der Waals surface area contributed by atoms with Crippen LogP contribution >= 0.6 is 0 Å². The second kappa shape index (κ2) is 8.76. The molecule has 2 heterocycles. The largest absolute Gasteiger partial charge is 0.369 e. The molecule has 0 bridgehead atoms. The predicted octanol–water partition coefficient (Wildman–Crippen LogP) is 2.80. The second-order valence-corrected chi connectivity index (χ2v) is 9.81. The summed E-state index contributed by atoms with van der Waals surface area (Å²) in [5.41, 5.74) is 4.16. The molecule has 3 aromatic rings. The standard InChI is InChI=1S/C23H27N5O3S/c1-17-8-7-11-21(18(17)2)27-12-14-28(15-13-27)32(30,31)23-20(16-26(3)25-23)22(29)24-19-9-5-4-6-10-19/h4-11,16H,12-15H2,1-3H3,(H,24,29). The molecule has 1 aliphatic rings. The molecular formula is C23H27N5O3S. The summed E-state index contributed by atoms with van der Waals surface area (Å²) < 4.78 is 29.6. The quantitative estimate of drug-likeness (QED) is 0.642. The monoisotopic (exact) mass is 453 g/mol. The summed E-state index contributed by atoms with van der Waals surface area (Å²) in [4.78, 5) is 15.0. The number of hydrogen-bond donors (Lipinski definition) is 1. The van der Waals surface area contributed by atoms with Crippen molar-refractivity contribution >= 4 is 27.3 Å². The number of piperazine rings is 1. The van der Waals surface area contributed by atoms with Gasteiger partial charge in [0, 0.05) is 50.8 Å². The third kappa shape index (κ3) is 4.26. The predicted molar refractivity (Wildman–Crippen MR) is 124 cm³/mol. The fourth-order valence-corrected chi connectivity index (χ4v) is 5.45. The highest BCUT2D eigenvalue weighted by Gasteiger charge is 2.34. The minimum atomic E-state index is -3.92. The van der Waals surface area contributed by atoms with Crippen LogP contribution in [0, 0.1) is 13.8 Å². The van der Waals surface area contributed by atoms with Crippen LogP contribution in [-0.2, 0) is 17.1 Å². The average Bonchev–Trinajstić information content (AvgIpc) is 3.19. The van der Waals surface area contributed by atoms with Crippen molar-refractivity contribution in [2.24, 2.45) is 7.05 Å². The third-order valence-electron chi connectivity index (χ3n) is 5.81. The molecule has 8 nitrogen and oxygen atoms in total. The van der Waals surface area contributed by atoms with E-state index in [0.717, 1.165) is 5.69 Å². The van der Waals surface area contributed by atoms with Gasteiger partial charge < -0.3 is 10.2 Å². The van der Waals surface area contributed by atoms with E-state index in [9.17, 15) is 13.2 Å². The van der Waals surface area contributed by atoms with E-state index in [1.54, 1.807) is 31.3 Å². The number of carbonyl (C=O) groups excluding carboxylic acids is 1. The van der Waals surface area contributed by atoms with Crippen LogP contribution < -0.4 is 10.2 Å². The summed E-state index contributed by atoms with van der Waals surface area (Å²) in [6, 6.07) is 15.1. The van der Waals surface area contributed by atoms with Crippen LogP contribution in [0.4, 0.5) is 11.4 Å². The van der Waals surface area contributed by atoms with Crippen molar-refractivity contribution in [2.45, 2.75) is 18.9 Å². The van der Waals surface area contributed by atoms with E-state index in [0.29, 0.717) is 31.9 Å². The first-order chi connectivity index (χ1) is 15.3. The SMILES string of the molecule is Cc1cccc(N2CCN(S(=O)(=O)c3nn(C)cc3C(=O)Nc3ccccc3)CC2)c1C. The number of aryl methyl sites for hydroxylation is 2. The number of nitrogens with one attached hydrogen (secondary N) is 1. The number of benzene rings is 2. The van der Waals surface area contributed by atoms with Gasteiger partial charge in [0.15, 0.2) is 0 Å². The molecule has 0 spiro atoms. The Labute approximate surface area is 188 Å². The molecule has 0 aliphatic carbocycles. The maximum atomic E-state index is 13.4. The Morgan fingerprint density at radius 3 is 2.34 bits per heavy atom. The highest BCUT2D eigenvalue weighted by atomic mass is 32.2. The van der Waals surface area contributed by atoms with Gasteiger partial charge in [0.25, 0.3) is 15.9 Å². The molecule has 0 saturated carbocycles. The molecule has 1 fully saturated rings. The lowest BCUT2D eigenvalue weighted by Crippen LogP contribution is -2.49. The average molecular weight is 454 g/mol. The number of hydrogen-bond acceptors (Lipinski definition) is 5. The van der Waals surface area contributed by atoms with Crippen LogP contribution in [0.1, 0.15) is 21.5 Å². The van der Waals surface area contributed by atoms with Crippen LogP contribution in [-0.4, -0.2) is 54.6 Å². The number of aromatic nitrogens is 2. The summed E-state index contributed by atoms with van der Waals surface area (Å²) in [6.07, 6.45) is 1.44. The molecular weight excluding hydrogens is 426 g/mol. The Balaban J connectivity index is 1.53. The summed E-state index contributed by atoms with van der Waals surface area (Å²) >= 11 is 0. The van der Waals surface area contributed by atoms with E-state index >= 15 is 0 Å². The maximum Gasteiger partial charge on any atom is 0.263 e. The molecule has 168 valence electrons. The normalized spacial score (nSPS) is 15.0. The van der Waals surface area contributed by atoms with Gasteiger partial charge in [-0.15, -0.1) is 0 Å². The Morgan fingerprint density at radius 1 is 0.969 bits per heavy atom. The lowest BCUT2D eigenvalue weighted by molar-refractivity contribution is 0.102. The van der Waals surface area contributed by atoms with Crippen LogP contribution in [0.2, 0.25) is 0 Å². The summed E-state index contributed by atoms with van der Waals surface area (Å²) in [5.74, 6) is -0.503. The van der Waals surface area contributed by atoms with Gasteiger partial charge in [-0.05, 0) is 43.2 Å². The van der Waals surface area contributed by atoms with E-state index in [2.05, 4.69) is 41.3 Å². The summed E-state index contributed by atoms with van der Waals surface area (Å²) in [6.45, 7) is 5.95. The number of rotatable bonds is 5. The third-order valence-corrected chi connectivity index (χ3v) is 7.65. The zero-order valence-corrected chi connectivity index (χ0v) is 19.3. The second-order valence-electron chi connectivity index (χ2n) is 7.95. The fraction of sp³-hybridized carbons (Fsp3) is 0.304. The zero-order chi connectivity index (χ0) is 22.9. The minimum Gasteiger partial charge on any atom is -0.369 e. The van der Waals surface area contributed by atoms with Gasteiger partial charge in [0.2, 0.25) is 5.03 Å². The van der Waals surface area contributed by atoms with Crippen molar-refractivity contribution in [3.63, 3.8) is 0 Å². The van der Waals surface area contributed by atoms with Gasteiger partial charge in [-0.25, -0.2) is 8.42 Å². The van der Waals surface area contributed by atoms with Gasteiger partial charge in [0.05, 0.1) is 5.56 Å². The summed E-state index contributed by atoms with van der Waals surface area (Å²) in [5, 5.41) is 6.67. The molecule has 32 heavy (non-hydrogen) atoms. The Morgan fingerprint density at radius 2 is 1.66 bits per heavy atom. The smallest absolute Gasteiger partial charge is 0.263 e. The number of carbonyl (C=O) groups is 1. The molecule has 0 atom stereocenters. The molecule has 0 radical (unpaired) electrons. The van der Waals surface area contributed by atoms with Gasteiger partial charge in [0.1, 0.15) is 0 Å². The maximum absolute atomic E-state index is 13.4. The van der Waals surface area contributed by atoms with Crippen molar-refractivity contribution in [1.82, 2.24) is 14.1 Å². The van der Waals surface area contributed by atoms with Crippen molar-refractivity contribution in [3.8, 4) is 0 Å². The Hall–Kier alpha value is -3.17. The fourth-order valence-electron chi connectivity index (χ4n) is 3.90. The molecule has 0 unspecified atom stereocenters. The van der Waals surface area contributed by atoms with Gasteiger partial charge in [-0.3, -0.25) is 9.48 Å². The van der Waals surface area contributed by atoms with E-state index in [4.69, 9.17) is 0 Å². The number of anilines is 2. The lowest BCUT2D eigenvalue weighted by Gasteiger charge is -2.36. The van der Waals surface area contributed by atoms with Gasteiger partial charge in [-0.2, -0.15) is 9.40 Å². The van der Waals surface area contributed by atoms with Crippen LogP contribution in [0.25, 0.3) is 0 Å². The Bertz CT molecular complexity index is 1230. The van der Waals surface area contributed by atoms with E-state index < -0.39 is 15.9 Å². The van der Waals surface area contributed by atoms with Crippen LogP contribution in [0.15, 0.2) is 59.8 Å².